The van der Waals surface area contributed by atoms with Crippen LogP contribution in [0.2, 0.25) is 0 Å². The van der Waals surface area contributed by atoms with Crippen molar-refractivity contribution in [3.8, 4) is 22.5 Å². The van der Waals surface area contributed by atoms with Crippen molar-refractivity contribution in [2.45, 2.75) is 38.6 Å². The molecule has 36 heavy (non-hydrogen) atoms. The first-order chi connectivity index (χ1) is 17.3. The molecule has 3 aromatic heterocycles. The molecule has 1 unspecified atom stereocenters. The maximum atomic E-state index is 12.7. The van der Waals surface area contributed by atoms with Gasteiger partial charge in [-0.15, -0.1) is 0 Å². The van der Waals surface area contributed by atoms with Gasteiger partial charge in [0.1, 0.15) is 11.7 Å². The molecule has 5 aromatic rings. The second-order valence-electron chi connectivity index (χ2n) is 10.0. The van der Waals surface area contributed by atoms with Gasteiger partial charge in [0.05, 0.1) is 11.2 Å². The van der Waals surface area contributed by atoms with E-state index in [-0.39, 0.29) is 5.41 Å². The highest BCUT2D eigenvalue weighted by Gasteiger charge is 2.24. The molecule has 6 heteroatoms. The number of primary amides is 1. The third-order valence-electron chi connectivity index (χ3n) is 6.48. The van der Waals surface area contributed by atoms with Crippen molar-refractivity contribution in [3.05, 3.63) is 103 Å². The van der Waals surface area contributed by atoms with Crippen LogP contribution in [0.4, 0.5) is 0 Å². The maximum Gasteiger partial charge on any atom is 0.242 e. The molecule has 180 valence electrons. The molecule has 6 nitrogen and oxygen atoms in total. The van der Waals surface area contributed by atoms with E-state index in [9.17, 15) is 4.79 Å². The zero-order chi connectivity index (χ0) is 25.3. The highest BCUT2D eigenvalue weighted by molar-refractivity contribution is 5.97. The fraction of sp³-hybridized carbons (Fsp3) is 0.200. The van der Waals surface area contributed by atoms with Gasteiger partial charge in [0.15, 0.2) is 0 Å². The second-order valence-corrected chi connectivity index (χ2v) is 10.0. The Labute approximate surface area is 210 Å². The van der Waals surface area contributed by atoms with Gasteiger partial charge < -0.3 is 5.73 Å². The summed E-state index contributed by atoms with van der Waals surface area (Å²) in [6, 6.07) is 23.4. The molecule has 2 aromatic carbocycles. The van der Waals surface area contributed by atoms with E-state index in [4.69, 9.17) is 10.8 Å². The molecule has 2 N–H and O–H groups in total. The molecule has 0 spiro atoms. The van der Waals surface area contributed by atoms with Crippen LogP contribution < -0.4 is 5.73 Å². The van der Waals surface area contributed by atoms with Crippen LogP contribution in [0.25, 0.3) is 33.4 Å². The number of carbonyl (C=O) groups excluding carboxylic acids is 1. The summed E-state index contributed by atoms with van der Waals surface area (Å²) in [5.74, 6) is -0.434. The van der Waals surface area contributed by atoms with E-state index in [2.05, 4.69) is 55.0 Å². The summed E-state index contributed by atoms with van der Waals surface area (Å²) in [4.78, 5) is 21.7. The number of amides is 1. The lowest BCUT2D eigenvalue weighted by Crippen LogP contribution is -2.28. The lowest BCUT2D eigenvalue weighted by molar-refractivity contribution is -0.121. The van der Waals surface area contributed by atoms with Crippen LogP contribution in [0.5, 0.6) is 0 Å². The van der Waals surface area contributed by atoms with Crippen LogP contribution in [-0.2, 0) is 16.6 Å². The molecule has 0 aliphatic rings. The normalized spacial score (nSPS) is 12.5. The zero-order valence-electron chi connectivity index (χ0n) is 20.7. The quantitative estimate of drug-likeness (QED) is 0.340. The largest absolute Gasteiger partial charge is 0.368 e. The third kappa shape index (κ3) is 4.62. The highest BCUT2D eigenvalue weighted by Crippen LogP contribution is 2.35. The number of benzene rings is 2. The summed E-state index contributed by atoms with van der Waals surface area (Å²) in [5, 5.41) is 5.88. The van der Waals surface area contributed by atoms with Crippen LogP contribution in [0.3, 0.4) is 0 Å². The van der Waals surface area contributed by atoms with E-state index < -0.39 is 11.9 Å². The molecular formula is C30H29N5O. The van der Waals surface area contributed by atoms with Gasteiger partial charge in [-0.1, -0.05) is 69.3 Å². The van der Waals surface area contributed by atoms with Gasteiger partial charge in [-0.2, -0.15) is 5.10 Å². The summed E-state index contributed by atoms with van der Waals surface area (Å²) < 4.78 is 1.69. The van der Waals surface area contributed by atoms with E-state index in [0.29, 0.717) is 12.1 Å². The number of carbonyl (C=O) groups is 1. The summed E-state index contributed by atoms with van der Waals surface area (Å²) in [7, 11) is 0. The first-order valence-electron chi connectivity index (χ1n) is 12.0. The molecule has 3 heterocycles. The first-order valence-corrected chi connectivity index (χ1v) is 12.0. The summed E-state index contributed by atoms with van der Waals surface area (Å²) in [6.07, 6.45) is 5.88. The number of nitrogens with zero attached hydrogens (tertiary/aromatic N) is 4. The maximum absolute atomic E-state index is 12.7. The van der Waals surface area contributed by atoms with E-state index in [0.717, 1.165) is 33.3 Å². The molecule has 0 saturated carbocycles. The Kier molecular flexibility index (Phi) is 6.10. The average molecular weight is 476 g/mol. The Morgan fingerprint density at radius 2 is 1.64 bits per heavy atom. The summed E-state index contributed by atoms with van der Waals surface area (Å²) in [5.41, 5.74) is 12.4. The Hall–Kier alpha value is -4.32. The molecule has 0 fully saturated rings. The molecule has 5 rings (SSSR count). The van der Waals surface area contributed by atoms with Gasteiger partial charge in [-0.25, -0.2) is 0 Å². The number of rotatable bonds is 6. The monoisotopic (exact) mass is 475 g/mol. The minimum atomic E-state index is -0.644. The second kappa shape index (κ2) is 9.38. The molecule has 0 aliphatic carbocycles. The fourth-order valence-corrected chi connectivity index (χ4v) is 4.46. The molecule has 1 atom stereocenters. The number of nitrogens with two attached hydrogens (primary N) is 1. The van der Waals surface area contributed by atoms with Crippen molar-refractivity contribution in [3.63, 3.8) is 0 Å². The Bertz CT molecular complexity index is 1510. The summed E-state index contributed by atoms with van der Waals surface area (Å²) in [6.45, 7) is 6.55. The van der Waals surface area contributed by atoms with Gasteiger partial charge >= 0.3 is 0 Å². The van der Waals surface area contributed by atoms with Crippen molar-refractivity contribution in [1.82, 2.24) is 19.7 Å². The Morgan fingerprint density at radius 3 is 2.33 bits per heavy atom. The standard InChI is InChI=1S/C30H29N5O/c1-30(2,3)21-13-11-20(12-14-21)18-27(29(31)36)35-19-24(28(34-35)26-10-6-7-16-32-26)22-15-17-33-25-9-5-4-8-23(22)25/h4-17,19,27H,18H2,1-3H3,(H2,31,36). The topological polar surface area (TPSA) is 86.7 Å². The third-order valence-corrected chi connectivity index (χ3v) is 6.48. The Morgan fingerprint density at radius 1 is 0.889 bits per heavy atom. The highest BCUT2D eigenvalue weighted by atomic mass is 16.1. The van der Waals surface area contributed by atoms with E-state index in [1.807, 2.05) is 54.7 Å². The number of para-hydroxylation sites is 1. The van der Waals surface area contributed by atoms with Crippen molar-refractivity contribution in [1.29, 1.82) is 0 Å². The lowest BCUT2D eigenvalue weighted by Gasteiger charge is -2.20. The predicted molar refractivity (Wildman–Crippen MR) is 143 cm³/mol. The SMILES string of the molecule is CC(C)(C)c1ccc(CC(C(N)=O)n2cc(-c3ccnc4ccccc34)c(-c3ccccn3)n2)cc1. The van der Waals surface area contributed by atoms with E-state index in [1.165, 1.54) is 5.56 Å². The molecule has 0 radical (unpaired) electrons. The van der Waals surface area contributed by atoms with Crippen LogP contribution >= 0.6 is 0 Å². The molecule has 0 aliphatic heterocycles. The number of pyridine rings is 2. The van der Waals surface area contributed by atoms with Gasteiger partial charge in [0.25, 0.3) is 0 Å². The van der Waals surface area contributed by atoms with Gasteiger partial charge in [-0.05, 0) is 46.4 Å². The fourth-order valence-electron chi connectivity index (χ4n) is 4.46. The van der Waals surface area contributed by atoms with Crippen LogP contribution in [-0.4, -0.2) is 25.7 Å². The van der Waals surface area contributed by atoms with Crippen molar-refractivity contribution >= 4 is 16.8 Å². The van der Waals surface area contributed by atoms with Crippen molar-refractivity contribution < 1.29 is 4.79 Å². The first kappa shape index (κ1) is 23.4. The van der Waals surface area contributed by atoms with Crippen LogP contribution in [0.15, 0.2) is 91.4 Å². The minimum Gasteiger partial charge on any atom is -0.368 e. The van der Waals surface area contributed by atoms with Crippen LogP contribution in [0.1, 0.15) is 37.9 Å². The number of fused-ring (bicyclic) bond motifs is 1. The van der Waals surface area contributed by atoms with Crippen LogP contribution in [0, 0.1) is 0 Å². The van der Waals surface area contributed by atoms with E-state index in [1.54, 1.807) is 17.1 Å². The van der Waals surface area contributed by atoms with Crippen molar-refractivity contribution in [2.75, 3.05) is 0 Å². The van der Waals surface area contributed by atoms with Gasteiger partial charge in [0.2, 0.25) is 5.91 Å². The summed E-state index contributed by atoms with van der Waals surface area (Å²) >= 11 is 0. The Balaban J connectivity index is 1.61. The number of aromatic nitrogens is 4. The molecule has 0 bridgehead atoms. The number of hydrogen-bond donors (Lipinski definition) is 1. The van der Waals surface area contributed by atoms with Crippen molar-refractivity contribution in [2.24, 2.45) is 5.73 Å². The van der Waals surface area contributed by atoms with E-state index >= 15 is 0 Å². The number of hydrogen-bond acceptors (Lipinski definition) is 4. The molecule has 0 saturated heterocycles. The lowest BCUT2D eigenvalue weighted by atomic mass is 9.86. The predicted octanol–water partition coefficient (Wildman–Crippen LogP) is 5.73. The zero-order valence-corrected chi connectivity index (χ0v) is 20.7. The van der Waals surface area contributed by atoms with Gasteiger partial charge in [0, 0.05) is 36.0 Å². The average Bonchev–Trinajstić information content (AvgIpc) is 3.32. The molecule has 1 amide bonds. The smallest absolute Gasteiger partial charge is 0.242 e. The minimum absolute atomic E-state index is 0.0589. The molecular weight excluding hydrogens is 446 g/mol. The van der Waals surface area contributed by atoms with Gasteiger partial charge in [-0.3, -0.25) is 19.4 Å².